The molecule has 3 atom stereocenters. The molecule has 140 valence electrons. The normalized spacial score (nSPS) is 25.6. The van der Waals surface area contributed by atoms with Gasteiger partial charge in [0.2, 0.25) is 5.91 Å². The highest BCUT2D eigenvalue weighted by Crippen LogP contribution is 2.34. The number of nitrogens with two attached hydrogens (primary N) is 1. The van der Waals surface area contributed by atoms with E-state index in [9.17, 15) is 4.79 Å². The Hall–Kier alpha value is -1.10. The van der Waals surface area contributed by atoms with E-state index in [2.05, 4.69) is 17.4 Å². The summed E-state index contributed by atoms with van der Waals surface area (Å²) in [6.07, 6.45) is 7.90. The molecule has 1 saturated heterocycles. The monoisotopic (exact) mass is 366 g/mol. The van der Waals surface area contributed by atoms with Gasteiger partial charge in [-0.3, -0.25) is 4.79 Å². The van der Waals surface area contributed by atoms with Crippen LogP contribution in [0.3, 0.4) is 0 Å². The van der Waals surface area contributed by atoms with E-state index >= 15 is 0 Å². The van der Waals surface area contributed by atoms with Crippen molar-refractivity contribution in [3.05, 3.63) is 35.9 Å². The van der Waals surface area contributed by atoms with Crippen LogP contribution in [0.1, 0.15) is 56.6 Å². The van der Waals surface area contributed by atoms with Crippen molar-refractivity contribution in [2.45, 2.75) is 57.1 Å². The molecule has 3 unspecified atom stereocenters. The number of nitrogens with one attached hydrogen (secondary N) is 1. The van der Waals surface area contributed by atoms with Gasteiger partial charge in [-0.1, -0.05) is 49.6 Å². The number of amides is 1. The van der Waals surface area contributed by atoms with E-state index in [1.807, 2.05) is 18.2 Å². The van der Waals surface area contributed by atoms with Crippen LogP contribution in [0.15, 0.2) is 30.3 Å². The van der Waals surface area contributed by atoms with Gasteiger partial charge in [0, 0.05) is 19.2 Å². The topological polar surface area (TPSA) is 64.3 Å². The van der Waals surface area contributed by atoms with Gasteiger partial charge < -0.3 is 15.8 Å². The molecular formula is C20H31ClN2O2. The molecule has 5 heteroatoms. The first kappa shape index (κ1) is 20.2. The average Bonchev–Trinajstić information content (AvgIpc) is 2.67. The van der Waals surface area contributed by atoms with E-state index in [4.69, 9.17) is 10.5 Å². The van der Waals surface area contributed by atoms with Crippen LogP contribution in [-0.2, 0) is 9.53 Å². The van der Waals surface area contributed by atoms with Crippen molar-refractivity contribution in [1.29, 1.82) is 0 Å². The van der Waals surface area contributed by atoms with Crippen molar-refractivity contribution in [1.82, 2.24) is 5.32 Å². The van der Waals surface area contributed by atoms with Crippen molar-refractivity contribution in [2.24, 2.45) is 17.6 Å². The van der Waals surface area contributed by atoms with Gasteiger partial charge in [0.1, 0.15) is 0 Å². The number of hydrogen-bond acceptors (Lipinski definition) is 3. The molecule has 1 heterocycles. The first-order chi connectivity index (χ1) is 11.8. The number of carbonyl (C=O) groups is 1. The van der Waals surface area contributed by atoms with Crippen LogP contribution in [0.25, 0.3) is 0 Å². The van der Waals surface area contributed by atoms with E-state index in [0.717, 1.165) is 25.0 Å². The maximum atomic E-state index is 12.9. The maximum absolute atomic E-state index is 12.9. The second-order valence-corrected chi connectivity index (χ2v) is 7.20. The van der Waals surface area contributed by atoms with Crippen molar-refractivity contribution in [3.8, 4) is 0 Å². The zero-order chi connectivity index (χ0) is 16.8. The summed E-state index contributed by atoms with van der Waals surface area (Å²) < 4.78 is 5.97. The van der Waals surface area contributed by atoms with Crippen molar-refractivity contribution in [3.63, 3.8) is 0 Å². The molecule has 1 amide bonds. The standard InChI is InChI=1S/C20H30N2O2.ClH/c21-14-18(15-8-3-1-4-9-15)22-20(23)17-12-7-13-24-19(17)16-10-5-2-6-11-16;/h2,5-6,10-11,15,17-19H,1,3-4,7-9,12-14,21H2,(H,22,23);1H. The minimum Gasteiger partial charge on any atom is -0.373 e. The highest BCUT2D eigenvalue weighted by molar-refractivity contribution is 5.85. The van der Waals surface area contributed by atoms with Crippen LogP contribution >= 0.6 is 12.4 Å². The molecule has 2 aliphatic rings. The Bertz CT molecular complexity index is 520. The van der Waals surface area contributed by atoms with Crippen molar-refractivity contribution >= 4 is 18.3 Å². The van der Waals surface area contributed by atoms with Gasteiger partial charge in [-0.15, -0.1) is 12.4 Å². The Morgan fingerprint density at radius 1 is 1.12 bits per heavy atom. The Morgan fingerprint density at radius 2 is 1.84 bits per heavy atom. The molecule has 4 nitrogen and oxygen atoms in total. The Morgan fingerprint density at radius 3 is 2.52 bits per heavy atom. The lowest BCUT2D eigenvalue weighted by atomic mass is 9.83. The molecule has 0 spiro atoms. The van der Waals surface area contributed by atoms with Crippen LogP contribution in [0.5, 0.6) is 0 Å². The van der Waals surface area contributed by atoms with Crippen molar-refractivity contribution < 1.29 is 9.53 Å². The molecule has 1 aromatic carbocycles. The molecule has 0 bridgehead atoms. The second kappa shape index (κ2) is 10.1. The molecule has 2 fully saturated rings. The smallest absolute Gasteiger partial charge is 0.226 e. The molecule has 0 aromatic heterocycles. The maximum Gasteiger partial charge on any atom is 0.226 e. The molecule has 1 aliphatic heterocycles. The van der Waals surface area contributed by atoms with Gasteiger partial charge >= 0.3 is 0 Å². The molecule has 1 aliphatic carbocycles. The first-order valence-electron chi connectivity index (χ1n) is 9.46. The van der Waals surface area contributed by atoms with Gasteiger partial charge in [-0.05, 0) is 37.2 Å². The van der Waals surface area contributed by atoms with E-state index in [0.29, 0.717) is 12.5 Å². The van der Waals surface area contributed by atoms with Gasteiger partial charge in [0.05, 0.1) is 12.0 Å². The predicted molar refractivity (Wildman–Crippen MR) is 103 cm³/mol. The number of rotatable bonds is 5. The minimum atomic E-state index is -0.135. The number of carbonyl (C=O) groups excluding carboxylic acids is 1. The number of benzene rings is 1. The van der Waals surface area contributed by atoms with E-state index in [1.54, 1.807) is 0 Å². The van der Waals surface area contributed by atoms with Crippen LogP contribution in [0, 0.1) is 11.8 Å². The van der Waals surface area contributed by atoms with Crippen LogP contribution < -0.4 is 11.1 Å². The van der Waals surface area contributed by atoms with Crippen LogP contribution in [-0.4, -0.2) is 25.1 Å². The Labute approximate surface area is 157 Å². The molecule has 1 saturated carbocycles. The fourth-order valence-electron chi connectivity index (χ4n) is 4.22. The Kier molecular flexibility index (Phi) is 8.20. The predicted octanol–water partition coefficient (Wildman–Crippen LogP) is 3.60. The minimum absolute atomic E-state index is 0. The third-order valence-corrected chi connectivity index (χ3v) is 5.59. The largest absolute Gasteiger partial charge is 0.373 e. The number of ether oxygens (including phenoxy) is 1. The van der Waals surface area contributed by atoms with Crippen LogP contribution in [0.4, 0.5) is 0 Å². The van der Waals surface area contributed by atoms with E-state index in [1.165, 1.54) is 32.1 Å². The van der Waals surface area contributed by atoms with Gasteiger partial charge in [0.15, 0.2) is 0 Å². The second-order valence-electron chi connectivity index (χ2n) is 7.20. The van der Waals surface area contributed by atoms with E-state index in [-0.39, 0.29) is 36.4 Å². The highest BCUT2D eigenvalue weighted by atomic mass is 35.5. The molecule has 0 radical (unpaired) electrons. The summed E-state index contributed by atoms with van der Waals surface area (Å²) in [4.78, 5) is 12.9. The molecule has 1 aromatic rings. The third kappa shape index (κ3) is 5.19. The molecular weight excluding hydrogens is 336 g/mol. The number of hydrogen-bond donors (Lipinski definition) is 2. The fraction of sp³-hybridized carbons (Fsp3) is 0.650. The summed E-state index contributed by atoms with van der Waals surface area (Å²) in [5.41, 5.74) is 7.08. The third-order valence-electron chi connectivity index (χ3n) is 5.59. The Balaban J connectivity index is 0.00000225. The summed E-state index contributed by atoms with van der Waals surface area (Å²) in [5.74, 6) is 0.538. The lowest BCUT2D eigenvalue weighted by molar-refractivity contribution is -0.135. The molecule has 3 rings (SSSR count). The van der Waals surface area contributed by atoms with Crippen LogP contribution in [0.2, 0.25) is 0 Å². The molecule has 25 heavy (non-hydrogen) atoms. The quantitative estimate of drug-likeness (QED) is 0.836. The fourth-order valence-corrected chi connectivity index (χ4v) is 4.22. The summed E-state index contributed by atoms with van der Waals surface area (Å²) in [6.45, 7) is 1.26. The van der Waals surface area contributed by atoms with Gasteiger partial charge in [0.25, 0.3) is 0 Å². The summed E-state index contributed by atoms with van der Waals surface area (Å²) in [5, 5.41) is 3.26. The lowest BCUT2D eigenvalue weighted by Crippen LogP contribution is -2.49. The summed E-state index contributed by atoms with van der Waals surface area (Å²) in [6, 6.07) is 10.2. The van der Waals surface area contributed by atoms with E-state index < -0.39 is 0 Å². The average molecular weight is 367 g/mol. The first-order valence-corrected chi connectivity index (χ1v) is 9.46. The van der Waals surface area contributed by atoms with Crippen molar-refractivity contribution in [2.75, 3.05) is 13.2 Å². The van der Waals surface area contributed by atoms with Gasteiger partial charge in [-0.2, -0.15) is 0 Å². The summed E-state index contributed by atoms with van der Waals surface area (Å²) in [7, 11) is 0. The summed E-state index contributed by atoms with van der Waals surface area (Å²) >= 11 is 0. The zero-order valence-corrected chi connectivity index (χ0v) is 15.7. The molecule has 3 N–H and O–H groups in total. The highest BCUT2D eigenvalue weighted by Gasteiger charge is 2.35. The number of halogens is 1. The van der Waals surface area contributed by atoms with Gasteiger partial charge in [-0.25, -0.2) is 0 Å². The lowest BCUT2D eigenvalue weighted by Gasteiger charge is -2.35. The zero-order valence-electron chi connectivity index (χ0n) is 14.9. The SMILES string of the molecule is Cl.NCC(NC(=O)C1CCCOC1c1ccccc1)C1CCCCC1.